The first-order valence-corrected chi connectivity index (χ1v) is 10.9. The Balaban J connectivity index is 1.18. The van der Waals surface area contributed by atoms with Crippen LogP contribution in [0.3, 0.4) is 0 Å². The van der Waals surface area contributed by atoms with Crippen LogP contribution in [0.1, 0.15) is 43.6 Å². The summed E-state index contributed by atoms with van der Waals surface area (Å²) >= 11 is 0. The van der Waals surface area contributed by atoms with Crippen LogP contribution in [-0.4, -0.2) is 36.9 Å². The van der Waals surface area contributed by atoms with Crippen LogP contribution in [0.15, 0.2) is 54.6 Å². The van der Waals surface area contributed by atoms with E-state index < -0.39 is 0 Å². The van der Waals surface area contributed by atoms with Gasteiger partial charge < -0.3 is 15.0 Å². The minimum absolute atomic E-state index is 0.0328. The third kappa shape index (κ3) is 5.02. The van der Waals surface area contributed by atoms with Crippen molar-refractivity contribution in [2.45, 2.75) is 38.0 Å². The van der Waals surface area contributed by atoms with E-state index in [1.54, 1.807) is 7.11 Å². The minimum Gasteiger partial charge on any atom is -0.497 e. The molecule has 4 rings (SSSR count). The van der Waals surface area contributed by atoms with E-state index in [2.05, 4.69) is 17.4 Å². The number of carbonyl (C=O) groups is 2. The van der Waals surface area contributed by atoms with Gasteiger partial charge in [-0.15, -0.1) is 0 Å². The monoisotopic (exact) mass is 406 g/mol. The van der Waals surface area contributed by atoms with Gasteiger partial charge in [-0.25, -0.2) is 0 Å². The molecule has 2 aromatic carbocycles. The predicted octanol–water partition coefficient (Wildman–Crippen LogP) is 4.46. The van der Waals surface area contributed by atoms with Gasteiger partial charge in [0.15, 0.2) is 0 Å². The molecule has 1 N–H and O–H groups in total. The Morgan fingerprint density at radius 3 is 2.57 bits per heavy atom. The van der Waals surface area contributed by atoms with Gasteiger partial charge in [-0.2, -0.15) is 0 Å². The average Bonchev–Trinajstić information content (AvgIpc) is 3.59. The quantitative estimate of drug-likeness (QED) is 0.739. The van der Waals surface area contributed by atoms with Crippen LogP contribution in [0.25, 0.3) is 0 Å². The zero-order chi connectivity index (χ0) is 20.9. The van der Waals surface area contributed by atoms with Gasteiger partial charge in [0, 0.05) is 37.2 Å². The molecular weight excluding hydrogens is 376 g/mol. The second-order valence-electron chi connectivity index (χ2n) is 8.45. The van der Waals surface area contributed by atoms with E-state index in [1.807, 2.05) is 47.4 Å². The lowest BCUT2D eigenvalue weighted by atomic mass is 9.91. The number of piperidine rings is 1. The summed E-state index contributed by atoms with van der Waals surface area (Å²) in [5.41, 5.74) is 2.05. The van der Waals surface area contributed by atoms with E-state index in [0.29, 0.717) is 24.2 Å². The lowest BCUT2D eigenvalue weighted by molar-refractivity contribution is -0.134. The van der Waals surface area contributed by atoms with Crippen molar-refractivity contribution >= 4 is 17.5 Å². The Morgan fingerprint density at radius 1 is 1.07 bits per heavy atom. The van der Waals surface area contributed by atoms with Crippen molar-refractivity contribution in [3.8, 4) is 5.75 Å². The molecule has 1 aliphatic heterocycles. The Morgan fingerprint density at radius 2 is 1.83 bits per heavy atom. The molecule has 1 aliphatic carbocycles. The number of nitrogens with one attached hydrogen (secondary N) is 1. The van der Waals surface area contributed by atoms with Crippen molar-refractivity contribution in [2.75, 3.05) is 25.5 Å². The van der Waals surface area contributed by atoms with E-state index in [0.717, 1.165) is 50.2 Å². The molecule has 0 bridgehead atoms. The van der Waals surface area contributed by atoms with E-state index in [4.69, 9.17) is 4.74 Å². The largest absolute Gasteiger partial charge is 0.497 e. The fraction of sp³-hybridized carbons (Fsp3) is 0.440. The number of hydrogen-bond acceptors (Lipinski definition) is 3. The van der Waals surface area contributed by atoms with Gasteiger partial charge in [-0.05, 0) is 55.2 Å². The molecule has 5 heteroatoms. The second-order valence-corrected chi connectivity index (χ2v) is 8.45. The summed E-state index contributed by atoms with van der Waals surface area (Å²) in [6, 6.07) is 17.8. The summed E-state index contributed by atoms with van der Waals surface area (Å²) in [7, 11) is 1.61. The van der Waals surface area contributed by atoms with Crippen molar-refractivity contribution < 1.29 is 14.3 Å². The number of hydrogen-bond donors (Lipinski definition) is 1. The summed E-state index contributed by atoms with van der Waals surface area (Å²) in [5, 5.41) is 2.94. The number of carbonyl (C=O) groups excluding carboxylic acids is 2. The van der Waals surface area contributed by atoms with Gasteiger partial charge in [-0.1, -0.05) is 36.4 Å². The summed E-state index contributed by atoms with van der Waals surface area (Å²) in [4.78, 5) is 27.1. The van der Waals surface area contributed by atoms with Crippen LogP contribution in [0.5, 0.6) is 5.75 Å². The molecule has 0 spiro atoms. The molecular formula is C25H30N2O3. The first-order chi connectivity index (χ1) is 14.6. The molecule has 0 aromatic heterocycles. The number of nitrogens with zero attached hydrogens (tertiary/aromatic N) is 1. The maximum atomic E-state index is 12.8. The third-order valence-corrected chi connectivity index (χ3v) is 6.39. The zero-order valence-electron chi connectivity index (χ0n) is 17.5. The van der Waals surface area contributed by atoms with Crippen molar-refractivity contribution in [3.05, 3.63) is 60.2 Å². The number of amides is 2. The Bertz CT molecular complexity index is 875. The third-order valence-electron chi connectivity index (χ3n) is 6.39. The normalized spacial score (nSPS) is 21.2. The standard InChI is InChI=1S/C25H30N2O3/c1-30-21-9-5-8-20(16-21)26-24(28)11-10-18-12-14-27(15-13-18)25(29)23-17-22(23)19-6-3-2-4-7-19/h2-9,16,18,22-23H,10-15,17H2,1H3,(H,26,28)/t22-,23+/m0/s1. The first kappa shape index (κ1) is 20.5. The van der Waals surface area contributed by atoms with Crippen molar-refractivity contribution in [1.29, 1.82) is 0 Å². The summed E-state index contributed by atoms with van der Waals surface area (Å²) in [5.74, 6) is 2.15. The molecule has 1 saturated carbocycles. The number of benzene rings is 2. The molecule has 30 heavy (non-hydrogen) atoms. The number of rotatable bonds is 7. The Labute approximate surface area is 178 Å². The van der Waals surface area contributed by atoms with Crippen LogP contribution in [0, 0.1) is 11.8 Å². The van der Waals surface area contributed by atoms with Crippen LogP contribution >= 0.6 is 0 Å². The van der Waals surface area contributed by atoms with Crippen LogP contribution < -0.4 is 10.1 Å². The molecule has 2 amide bonds. The topological polar surface area (TPSA) is 58.6 Å². The molecule has 2 aliphatic rings. The average molecular weight is 407 g/mol. The van der Waals surface area contributed by atoms with E-state index >= 15 is 0 Å². The Kier molecular flexibility index (Phi) is 6.36. The highest BCUT2D eigenvalue weighted by Crippen LogP contribution is 2.48. The molecule has 1 saturated heterocycles. The summed E-state index contributed by atoms with van der Waals surface area (Å²) in [6.45, 7) is 1.64. The number of ether oxygens (including phenoxy) is 1. The van der Waals surface area contributed by atoms with Gasteiger partial charge in [0.25, 0.3) is 0 Å². The maximum absolute atomic E-state index is 12.8. The highest BCUT2D eigenvalue weighted by molar-refractivity contribution is 5.90. The molecule has 5 nitrogen and oxygen atoms in total. The second kappa shape index (κ2) is 9.33. The molecule has 2 atom stereocenters. The molecule has 2 aromatic rings. The smallest absolute Gasteiger partial charge is 0.226 e. The highest BCUT2D eigenvalue weighted by atomic mass is 16.5. The molecule has 2 fully saturated rings. The summed E-state index contributed by atoms with van der Waals surface area (Å²) in [6.07, 6.45) is 4.33. The van der Waals surface area contributed by atoms with E-state index in [9.17, 15) is 9.59 Å². The SMILES string of the molecule is COc1cccc(NC(=O)CCC2CCN(C(=O)[C@@H]3C[C@H]3c3ccccc3)CC2)c1. The first-order valence-electron chi connectivity index (χ1n) is 10.9. The van der Waals surface area contributed by atoms with Crippen molar-refractivity contribution in [3.63, 3.8) is 0 Å². The number of likely N-dealkylation sites (tertiary alicyclic amines) is 1. The summed E-state index contributed by atoms with van der Waals surface area (Å²) < 4.78 is 5.19. The molecule has 0 radical (unpaired) electrons. The van der Waals surface area contributed by atoms with Gasteiger partial charge in [-0.3, -0.25) is 9.59 Å². The number of anilines is 1. The number of methoxy groups -OCH3 is 1. The molecule has 158 valence electrons. The van der Waals surface area contributed by atoms with Crippen LogP contribution in [-0.2, 0) is 9.59 Å². The van der Waals surface area contributed by atoms with E-state index in [1.165, 1.54) is 5.56 Å². The molecule has 0 unspecified atom stereocenters. The van der Waals surface area contributed by atoms with Crippen LogP contribution in [0.4, 0.5) is 5.69 Å². The Hall–Kier alpha value is -2.82. The zero-order valence-corrected chi connectivity index (χ0v) is 17.5. The minimum atomic E-state index is 0.0328. The van der Waals surface area contributed by atoms with Gasteiger partial charge in [0.05, 0.1) is 7.11 Å². The maximum Gasteiger partial charge on any atom is 0.226 e. The van der Waals surface area contributed by atoms with Gasteiger partial charge in [0.2, 0.25) is 11.8 Å². The van der Waals surface area contributed by atoms with Crippen molar-refractivity contribution in [1.82, 2.24) is 4.90 Å². The fourth-order valence-electron chi connectivity index (χ4n) is 4.47. The lowest BCUT2D eigenvalue weighted by Crippen LogP contribution is -2.39. The molecule has 1 heterocycles. The highest BCUT2D eigenvalue weighted by Gasteiger charge is 2.46. The van der Waals surface area contributed by atoms with Crippen molar-refractivity contribution in [2.24, 2.45) is 11.8 Å². The van der Waals surface area contributed by atoms with Crippen LogP contribution in [0.2, 0.25) is 0 Å². The lowest BCUT2D eigenvalue weighted by Gasteiger charge is -2.32. The predicted molar refractivity (Wildman–Crippen MR) is 117 cm³/mol. The van der Waals surface area contributed by atoms with Gasteiger partial charge in [0.1, 0.15) is 5.75 Å². The fourth-order valence-corrected chi connectivity index (χ4v) is 4.47. The van der Waals surface area contributed by atoms with Gasteiger partial charge >= 0.3 is 0 Å². The van der Waals surface area contributed by atoms with E-state index in [-0.39, 0.29) is 11.8 Å².